The van der Waals surface area contributed by atoms with Crippen LogP contribution in [0.4, 0.5) is 5.69 Å². The Morgan fingerprint density at radius 1 is 1.13 bits per heavy atom. The van der Waals surface area contributed by atoms with Crippen molar-refractivity contribution >= 4 is 46.4 Å². The first-order valence-corrected chi connectivity index (χ1v) is 10.4. The summed E-state index contributed by atoms with van der Waals surface area (Å²) in [5.41, 5.74) is 5.59. The maximum atomic E-state index is 12.8. The molecule has 0 radical (unpaired) electrons. The van der Waals surface area contributed by atoms with E-state index in [1.807, 2.05) is 0 Å². The molecule has 0 bridgehead atoms. The van der Waals surface area contributed by atoms with Gasteiger partial charge in [0.15, 0.2) is 5.76 Å². The number of pyridine rings is 1. The number of fused-ring (bicyclic) bond motifs is 1. The van der Waals surface area contributed by atoms with Crippen molar-refractivity contribution in [3.63, 3.8) is 0 Å². The van der Waals surface area contributed by atoms with Gasteiger partial charge in [-0.2, -0.15) is 5.10 Å². The number of anilines is 1. The van der Waals surface area contributed by atoms with Gasteiger partial charge in [-0.05, 0) is 50.1 Å². The molecule has 31 heavy (non-hydrogen) atoms. The van der Waals surface area contributed by atoms with E-state index < -0.39 is 5.91 Å². The first kappa shape index (κ1) is 21.1. The van der Waals surface area contributed by atoms with Crippen LogP contribution in [-0.2, 0) is 6.42 Å². The second-order valence-corrected chi connectivity index (χ2v) is 7.85. The molecule has 3 aromatic rings. The minimum absolute atomic E-state index is 0.198. The van der Waals surface area contributed by atoms with E-state index in [0.717, 1.165) is 12.0 Å². The molecule has 1 aliphatic rings. The normalized spacial score (nSPS) is 14.2. The maximum Gasteiger partial charge on any atom is 0.291 e. The van der Waals surface area contributed by atoms with Gasteiger partial charge in [-0.3, -0.25) is 14.6 Å². The minimum atomic E-state index is -0.399. The Bertz CT molecular complexity index is 1190. The highest BCUT2D eigenvalue weighted by molar-refractivity contribution is 6.42. The molecular weight excluding hydrogens is 439 g/mol. The fraction of sp³-hybridized carbons (Fsp3) is 0.182. The molecule has 0 saturated carbocycles. The van der Waals surface area contributed by atoms with Crippen LogP contribution in [0.3, 0.4) is 0 Å². The SMILES string of the molecule is Cc1c(C(=O)Nc2ccc(Cl)c(Cl)c2)oc2c1/C(=N/NC(=O)c1cccnc1)CCC2. The molecular formula is C22H18Cl2N4O3. The average molecular weight is 457 g/mol. The lowest BCUT2D eigenvalue weighted by atomic mass is 9.93. The fourth-order valence-electron chi connectivity index (χ4n) is 3.44. The van der Waals surface area contributed by atoms with E-state index in [0.29, 0.717) is 51.2 Å². The van der Waals surface area contributed by atoms with Gasteiger partial charge < -0.3 is 9.73 Å². The summed E-state index contributed by atoms with van der Waals surface area (Å²) in [6, 6.07) is 8.17. The number of nitrogens with zero attached hydrogens (tertiary/aromatic N) is 2. The van der Waals surface area contributed by atoms with Crippen molar-refractivity contribution in [2.45, 2.75) is 26.2 Å². The van der Waals surface area contributed by atoms with Gasteiger partial charge in [-0.25, -0.2) is 5.43 Å². The number of benzene rings is 1. The van der Waals surface area contributed by atoms with Crippen molar-refractivity contribution in [2.75, 3.05) is 5.32 Å². The number of aromatic nitrogens is 1. The molecule has 2 amide bonds. The Kier molecular flexibility index (Phi) is 6.06. The number of carbonyl (C=O) groups is 2. The summed E-state index contributed by atoms with van der Waals surface area (Å²) in [5, 5.41) is 7.82. The van der Waals surface area contributed by atoms with Crippen LogP contribution in [0.5, 0.6) is 0 Å². The highest BCUT2D eigenvalue weighted by atomic mass is 35.5. The largest absolute Gasteiger partial charge is 0.455 e. The van der Waals surface area contributed by atoms with E-state index >= 15 is 0 Å². The number of halogens is 2. The quantitative estimate of drug-likeness (QED) is 0.538. The van der Waals surface area contributed by atoms with Gasteiger partial charge >= 0.3 is 0 Å². The fourth-order valence-corrected chi connectivity index (χ4v) is 3.74. The van der Waals surface area contributed by atoms with Crippen LogP contribution < -0.4 is 10.7 Å². The number of hydrazone groups is 1. The van der Waals surface area contributed by atoms with Crippen molar-refractivity contribution in [2.24, 2.45) is 5.10 Å². The second-order valence-electron chi connectivity index (χ2n) is 7.03. The van der Waals surface area contributed by atoms with E-state index in [4.69, 9.17) is 27.6 Å². The summed E-state index contributed by atoms with van der Waals surface area (Å²) < 4.78 is 5.87. The Morgan fingerprint density at radius 2 is 1.97 bits per heavy atom. The number of hydrogen-bond donors (Lipinski definition) is 2. The summed E-state index contributed by atoms with van der Waals surface area (Å²) in [7, 11) is 0. The molecule has 4 rings (SSSR count). The number of hydrogen-bond acceptors (Lipinski definition) is 5. The van der Waals surface area contributed by atoms with E-state index in [-0.39, 0.29) is 11.7 Å². The minimum Gasteiger partial charge on any atom is -0.455 e. The zero-order valence-electron chi connectivity index (χ0n) is 16.5. The molecule has 0 spiro atoms. The van der Waals surface area contributed by atoms with Crippen LogP contribution in [0.1, 0.15) is 50.6 Å². The zero-order chi connectivity index (χ0) is 22.0. The molecule has 0 fully saturated rings. The molecule has 2 aromatic heterocycles. The third kappa shape index (κ3) is 4.47. The summed E-state index contributed by atoms with van der Waals surface area (Å²) in [6.07, 6.45) is 5.21. The number of amides is 2. The van der Waals surface area contributed by atoms with Crippen molar-refractivity contribution in [1.29, 1.82) is 0 Å². The van der Waals surface area contributed by atoms with Crippen LogP contribution in [-0.4, -0.2) is 22.5 Å². The van der Waals surface area contributed by atoms with E-state index in [1.54, 1.807) is 43.5 Å². The van der Waals surface area contributed by atoms with Crippen LogP contribution in [0.2, 0.25) is 10.0 Å². The molecule has 1 aliphatic carbocycles. The monoisotopic (exact) mass is 456 g/mol. The topological polar surface area (TPSA) is 96.6 Å². The van der Waals surface area contributed by atoms with Gasteiger partial charge in [0.2, 0.25) is 0 Å². The lowest BCUT2D eigenvalue weighted by Crippen LogP contribution is -2.22. The number of furan rings is 1. The lowest BCUT2D eigenvalue weighted by Gasteiger charge is -2.13. The average Bonchev–Trinajstić information content (AvgIpc) is 3.12. The molecule has 0 saturated heterocycles. The highest BCUT2D eigenvalue weighted by Crippen LogP contribution is 2.31. The van der Waals surface area contributed by atoms with Crippen LogP contribution in [0.15, 0.2) is 52.2 Å². The van der Waals surface area contributed by atoms with Crippen LogP contribution >= 0.6 is 23.2 Å². The first-order valence-electron chi connectivity index (χ1n) is 9.60. The van der Waals surface area contributed by atoms with Gasteiger partial charge in [0, 0.05) is 35.6 Å². The summed E-state index contributed by atoms with van der Waals surface area (Å²) in [6.45, 7) is 1.80. The van der Waals surface area contributed by atoms with Crippen molar-refractivity contribution in [3.8, 4) is 0 Å². The zero-order valence-corrected chi connectivity index (χ0v) is 18.0. The number of nitrogens with one attached hydrogen (secondary N) is 2. The van der Waals surface area contributed by atoms with Crippen LogP contribution in [0, 0.1) is 6.92 Å². The molecule has 2 heterocycles. The number of carbonyl (C=O) groups excluding carboxylic acids is 2. The van der Waals surface area contributed by atoms with Gasteiger partial charge in [0.25, 0.3) is 11.8 Å². The van der Waals surface area contributed by atoms with Crippen molar-refractivity contribution in [3.05, 3.63) is 81.0 Å². The van der Waals surface area contributed by atoms with E-state index in [1.165, 1.54) is 6.20 Å². The third-order valence-corrected chi connectivity index (χ3v) is 5.66. The standard InChI is InChI=1S/C22H18Cl2N4O3/c1-12-19-17(27-28-21(29)13-4-3-9-25-11-13)5-2-6-18(19)31-20(12)22(30)26-14-7-8-15(23)16(24)10-14/h3-4,7-11H,2,5-6H2,1H3,(H,26,30)(H,28,29)/b27-17+. The predicted molar refractivity (Wildman–Crippen MR) is 119 cm³/mol. The molecule has 7 nitrogen and oxygen atoms in total. The first-order chi connectivity index (χ1) is 14.9. The molecule has 158 valence electrons. The Balaban J connectivity index is 1.57. The Hall–Kier alpha value is -3.16. The van der Waals surface area contributed by atoms with Gasteiger partial charge in [-0.1, -0.05) is 23.2 Å². The van der Waals surface area contributed by atoms with Gasteiger partial charge in [-0.15, -0.1) is 0 Å². The second kappa shape index (κ2) is 8.91. The highest BCUT2D eigenvalue weighted by Gasteiger charge is 2.28. The van der Waals surface area contributed by atoms with Crippen molar-refractivity contribution < 1.29 is 14.0 Å². The summed E-state index contributed by atoms with van der Waals surface area (Å²) in [5.74, 6) is 0.122. The number of rotatable bonds is 4. The molecule has 0 unspecified atom stereocenters. The smallest absolute Gasteiger partial charge is 0.291 e. The summed E-state index contributed by atoms with van der Waals surface area (Å²) >= 11 is 11.9. The molecule has 0 aliphatic heterocycles. The van der Waals surface area contributed by atoms with E-state index in [2.05, 4.69) is 20.8 Å². The van der Waals surface area contributed by atoms with Gasteiger partial charge in [0.05, 0.1) is 21.3 Å². The van der Waals surface area contributed by atoms with Crippen LogP contribution in [0.25, 0.3) is 0 Å². The lowest BCUT2D eigenvalue weighted by molar-refractivity contribution is 0.0953. The maximum absolute atomic E-state index is 12.8. The molecule has 2 N–H and O–H groups in total. The predicted octanol–water partition coefficient (Wildman–Crippen LogP) is 5.01. The Labute approximate surface area is 188 Å². The Morgan fingerprint density at radius 3 is 2.71 bits per heavy atom. The summed E-state index contributed by atoms with van der Waals surface area (Å²) in [4.78, 5) is 29.0. The molecule has 9 heteroatoms. The molecule has 0 atom stereocenters. The van der Waals surface area contributed by atoms with Crippen molar-refractivity contribution in [1.82, 2.24) is 10.4 Å². The van der Waals surface area contributed by atoms with E-state index in [9.17, 15) is 9.59 Å². The van der Waals surface area contributed by atoms with Gasteiger partial charge in [0.1, 0.15) is 5.76 Å². The number of aryl methyl sites for hydroxylation is 1. The molecule has 1 aromatic carbocycles. The third-order valence-electron chi connectivity index (χ3n) is 4.93.